The summed E-state index contributed by atoms with van der Waals surface area (Å²) in [5.74, 6) is -0.298. The van der Waals surface area contributed by atoms with Gasteiger partial charge < -0.3 is 15.5 Å². The van der Waals surface area contributed by atoms with E-state index in [1.807, 2.05) is 30.6 Å². The van der Waals surface area contributed by atoms with Gasteiger partial charge in [-0.15, -0.1) is 10.2 Å². The van der Waals surface area contributed by atoms with E-state index < -0.39 is 5.91 Å². The number of thiophene rings is 1. The van der Waals surface area contributed by atoms with E-state index in [1.165, 1.54) is 0 Å². The summed E-state index contributed by atoms with van der Waals surface area (Å²) in [6.07, 6.45) is 5.96. The SMILES string of the molecule is Cc1ncc(NC(=O)C[C@H]2CCCN2C)cc1NC(=O)c1nnc2cc(-c3ccsc3)ccn12. The average Bonchev–Trinajstić information content (AvgIpc) is 3.57. The van der Waals surface area contributed by atoms with E-state index >= 15 is 0 Å². The number of rotatable bonds is 6. The molecule has 2 N–H and O–H groups in total. The van der Waals surface area contributed by atoms with Crippen molar-refractivity contribution in [1.29, 1.82) is 0 Å². The quantitative estimate of drug-likeness (QED) is 0.439. The van der Waals surface area contributed by atoms with Crippen molar-refractivity contribution in [2.24, 2.45) is 0 Å². The van der Waals surface area contributed by atoms with E-state index in [1.54, 1.807) is 41.1 Å². The van der Waals surface area contributed by atoms with E-state index in [4.69, 9.17) is 0 Å². The summed E-state index contributed by atoms with van der Waals surface area (Å²) in [5, 5.41) is 18.1. The Hall–Kier alpha value is -3.63. The molecule has 1 aliphatic heterocycles. The third-order valence-corrected chi connectivity index (χ3v) is 6.86. The lowest BCUT2D eigenvalue weighted by atomic mass is 10.1. The van der Waals surface area contributed by atoms with Gasteiger partial charge in [0.05, 0.1) is 23.3 Å². The number of pyridine rings is 2. The molecule has 1 aliphatic rings. The fraction of sp³-hybridized carbons (Fsp3) is 0.292. The molecule has 0 saturated carbocycles. The third kappa shape index (κ3) is 4.55. The Morgan fingerprint density at radius 1 is 1.18 bits per heavy atom. The third-order valence-electron chi connectivity index (χ3n) is 6.18. The van der Waals surface area contributed by atoms with Gasteiger partial charge in [0.1, 0.15) is 0 Å². The van der Waals surface area contributed by atoms with E-state index in [0.29, 0.717) is 29.1 Å². The molecule has 5 rings (SSSR count). The molecule has 0 unspecified atom stereocenters. The first kappa shape index (κ1) is 22.2. The van der Waals surface area contributed by atoms with Gasteiger partial charge in [-0.25, -0.2) is 0 Å². The normalized spacial score (nSPS) is 16.1. The fourth-order valence-electron chi connectivity index (χ4n) is 4.22. The van der Waals surface area contributed by atoms with Crippen molar-refractivity contribution < 1.29 is 9.59 Å². The summed E-state index contributed by atoms with van der Waals surface area (Å²) >= 11 is 1.62. The second kappa shape index (κ2) is 9.32. The molecular weight excluding hydrogens is 450 g/mol. The minimum Gasteiger partial charge on any atom is -0.325 e. The highest BCUT2D eigenvalue weighted by molar-refractivity contribution is 7.08. The van der Waals surface area contributed by atoms with Crippen LogP contribution in [0.15, 0.2) is 47.4 Å². The minimum atomic E-state index is -0.406. The molecule has 0 aliphatic carbocycles. The molecule has 4 aromatic heterocycles. The highest BCUT2D eigenvalue weighted by Crippen LogP contribution is 2.24. The molecule has 174 valence electrons. The number of aromatic nitrogens is 4. The fourth-order valence-corrected chi connectivity index (χ4v) is 4.89. The largest absolute Gasteiger partial charge is 0.325 e. The van der Waals surface area contributed by atoms with Crippen molar-refractivity contribution in [3.63, 3.8) is 0 Å². The molecule has 0 spiro atoms. The van der Waals surface area contributed by atoms with Crippen LogP contribution in [0.2, 0.25) is 0 Å². The molecule has 0 radical (unpaired) electrons. The molecule has 2 amide bonds. The highest BCUT2D eigenvalue weighted by atomic mass is 32.1. The van der Waals surface area contributed by atoms with Crippen LogP contribution in [0.4, 0.5) is 11.4 Å². The number of anilines is 2. The number of amides is 2. The van der Waals surface area contributed by atoms with Gasteiger partial charge in [0, 0.05) is 18.7 Å². The summed E-state index contributed by atoms with van der Waals surface area (Å²) in [5.41, 5.74) is 4.38. The second-order valence-corrected chi connectivity index (χ2v) is 9.30. The first-order valence-corrected chi connectivity index (χ1v) is 12.1. The van der Waals surface area contributed by atoms with Crippen molar-refractivity contribution >= 4 is 40.2 Å². The molecular formula is C24H25N7O2S. The molecule has 4 aromatic rings. The van der Waals surface area contributed by atoms with Crippen molar-refractivity contribution in [3.05, 3.63) is 58.9 Å². The van der Waals surface area contributed by atoms with Gasteiger partial charge in [-0.05, 0) is 79.5 Å². The van der Waals surface area contributed by atoms with E-state index in [2.05, 4.69) is 36.1 Å². The zero-order valence-corrected chi connectivity index (χ0v) is 19.8. The number of carbonyl (C=O) groups is 2. The standard InChI is InChI=1S/C24H25N7O2S/c1-15-20(11-18(13-25-15)26-22(32)12-19-4-3-7-30(19)2)27-24(33)23-29-28-21-10-16(5-8-31(21)23)17-6-9-34-14-17/h5-6,8-11,13-14,19H,3-4,7,12H2,1-2H3,(H,26,32)(H,27,33)/t19-/m1/s1. The first-order chi connectivity index (χ1) is 16.5. The Balaban J connectivity index is 1.30. The van der Waals surface area contributed by atoms with E-state index in [0.717, 1.165) is 30.5 Å². The van der Waals surface area contributed by atoms with Gasteiger partial charge in [-0.3, -0.25) is 19.0 Å². The average molecular weight is 476 g/mol. The number of nitrogens with zero attached hydrogens (tertiary/aromatic N) is 5. The monoisotopic (exact) mass is 475 g/mol. The molecule has 1 saturated heterocycles. The van der Waals surface area contributed by atoms with Crippen LogP contribution >= 0.6 is 11.3 Å². The van der Waals surface area contributed by atoms with Gasteiger partial charge in [-0.1, -0.05) is 0 Å². The summed E-state index contributed by atoms with van der Waals surface area (Å²) < 4.78 is 1.65. The number of carbonyl (C=O) groups excluding carboxylic acids is 2. The molecule has 1 fully saturated rings. The zero-order valence-electron chi connectivity index (χ0n) is 19.0. The number of aryl methyl sites for hydroxylation is 1. The summed E-state index contributed by atoms with van der Waals surface area (Å²) in [6, 6.07) is 7.85. The predicted octanol–water partition coefficient (Wildman–Crippen LogP) is 3.84. The Bertz CT molecular complexity index is 1350. The highest BCUT2D eigenvalue weighted by Gasteiger charge is 2.23. The molecule has 34 heavy (non-hydrogen) atoms. The summed E-state index contributed by atoms with van der Waals surface area (Å²) in [6.45, 7) is 2.82. The molecule has 1 atom stereocenters. The predicted molar refractivity (Wildman–Crippen MR) is 132 cm³/mol. The number of nitrogens with one attached hydrogen (secondary N) is 2. The Kier molecular flexibility index (Phi) is 6.08. The van der Waals surface area contributed by atoms with Crippen LogP contribution < -0.4 is 10.6 Å². The molecule has 0 bridgehead atoms. The lowest BCUT2D eigenvalue weighted by Gasteiger charge is -2.18. The Morgan fingerprint density at radius 2 is 2.06 bits per heavy atom. The molecule has 0 aromatic carbocycles. The van der Waals surface area contributed by atoms with Crippen LogP contribution in [-0.2, 0) is 4.79 Å². The van der Waals surface area contributed by atoms with Crippen molar-refractivity contribution in [1.82, 2.24) is 24.5 Å². The van der Waals surface area contributed by atoms with E-state index in [9.17, 15) is 9.59 Å². The van der Waals surface area contributed by atoms with Crippen LogP contribution in [0.1, 0.15) is 35.6 Å². The lowest BCUT2D eigenvalue weighted by molar-refractivity contribution is -0.117. The topological polar surface area (TPSA) is 105 Å². The smallest absolute Gasteiger partial charge is 0.294 e. The number of hydrogen-bond donors (Lipinski definition) is 2. The zero-order chi connectivity index (χ0) is 23.7. The molecule has 5 heterocycles. The minimum absolute atomic E-state index is 0.0634. The maximum Gasteiger partial charge on any atom is 0.294 e. The maximum atomic E-state index is 13.0. The summed E-state index contributed by atoms with van der Waals surface area (Å²) in [7, 11) is 2.04. The van der Waals surface area contributed by atoms with Crippen molar-refractivity contribution in [2.45, 2.75) is 32.2 Å². The van der Waals surface area contributed by atoms with Crippen LogP contribution in [-0.4, -0.2) is 55.9 Å². The number of likely N-dealkylation sites (tertiary alicyclic amines) is 1. The Labute approximate surface area is 200 Å². The lowest BCUT2D eigenvalue weighted by Crippen LogP contribution is -2.29. The first-order valence-electron chi connectivity index (χ1n) is 11.1. The van der Waals surface area contributed by atoms with Gasteiger partial charge in [0.25, 0.3) is 5.91 Å². The summed E-state index contributed by atoms with van der Waals surface area (Å²) in [4.78, 5) is 32.1. The van der Waals surface area contributed by atoms with Gasteiger partial charge in [-0.2, -0.15) is 11.3 Å². The number of fused-ring (bicyclic) bond motifs is 1. The van der Waals surface area contributed by atoms with Gasteiger partial charge >= 0.3 is 0 Å². The van der Waals surface area contributed by atoms with Crippen LogP contribution in [0.5, 0.6) is 0 Å². The Morgan fingerprint density at radius 3 is 2.82 bits per heavy atom. The maximum absolute atomic E-state index is 13.0. The van der Waals surface area contributed by atoms with Crippen LogP contribution in [0, 0.1) is 6.92 Å². The van der Waals surface area contributed by atoms with Crippen LogP contribution in [0.3, 0.4) is 0 Å². The molecule has 10 heteroatoms. The van der Waals surface area contributed by atoms with Crippen molar-refractivity contribution in [3.8, 4) is 11.1 Å². The van der Waals surface area contributed by atoms with E-state index in [-0.39, 0.29) is 17.8 Å². The van der Waals surface area contributed by atoms with Crippen molar-refractivity contribution in [2.75, 3.05) is 24.2 Å². The number of hydrogen-bond acceptors (Lipinski definition) is 7. The second-order valence-electron chi connectivity index (χ2n) is 8.52. The van der Waals surface area contributed by atoms with Gasteiger partial charge in [0.15, 0.2) is 5.65 Å². The molecule has 9 nitrogen and oxygen atoms in total. The van der Waals surface area contributed by atoms with Crippen LogP contribution in [0.25, 0.3) is 16.8 Å². The van der Waals surface area contributed by atoms with Gasteiger partial charge in [0.2, 0.25) is 11.7 Å².